The molecule has 2 aliphatic rings. The van der Waals surface area contributed by atoms with E-state index in [0.29, 0.717) is 31.6 Å². The van der Waals surface area contributed by atoms with Crippen LogP contribution in [-0.4, -0.2) is 34.9 Å². The molecule has 3 aromatic rings. The Hall–Kier alpha value is -3.66. The van der Waals surface area contributed by atoms with Crippen molar-refractivity contribution in [2.45, 2.75) is 77.7 Å². The van der Waals surface area contributed by atoms with Crippen molar-refractivity contribution in [3.63, 3.8) is 0 Å². The predicted octanol–water partition coefficient (Wildman–Crippen LogP) is 7.43. The second-order valence-electron chi connectivity index (χ2n) is 12.1. The molecule has 0 aliphatic heterocycles. The third-order valence-electron chi connectivity index (χ3n) is 8.35. The molecule has 1 heterocycles. The van der Waals surface area contributed by atoms with Gasteiger partial charge in [0.25, 0.3) is 0 Å². The van der Waals surface area contributed by atoms with Gasteiger partial charge in [-0.2, -0.15) is 13.2 Å². The van der Waals surface area contributed by atoms with E-state index < -0.39 is 23.2 Å². The van der Waals surface area contributed by atoms with Crippen molar-refractivity contribution in [3.05, 3.63) is 76.2 Å². The summed E-state index contributed by atoms with van der Waals surface area (Å²) in [7, 11) is 0. The van der Waals surface area contributed by atoms with Crippen molar-refractivity contribution >= 4 is 5.97 Å². The summed E-state index contributed by atoms with van der Waals surface area (Å²) < 4.78 is 73.9. The third kappa shape index (κ3) is 6.85. The van der Waals surface area contributed by atoms with Gasteiger partial charge < -0.3 is 19.3 Å². The summed E-state index contributed by atoms with van der Waals surface area (Å²) in [4.78, 5) is 16.3. The highest BCUT2D eigenvalue weighted by Gasteiger charge is 2.60. The van der Waals surface area contributed by atoms with Gasteiger partial charge in [-0.25, -0.2) is 9.37 Å². The van der Waals surface area contributed by atoms with E-state index in [2.05, 4.69) is 11.1 Å². The van der Waals surface area contributed by atoms with Gasteiger partial charge in [0.05, 0.1) is 30.3 Å². The van der Waals surface area contributed by atoms with Crippen molar-refractivity contribution in [1.29, 1.82) is 0 Å². The standard InChI is InChI=1S/C34H37F4NO5/c1-5-19-13-23-21(14-24-30(23)31(24)32(40)42-6-2)15-28(19)44-18-22-12-20(8-9-27(22)35)25-17-39-29(16-26(25)34(36,37)38)43-11-7-10-33(3,4)41/h8-9,12-13,15-17,24,30-31,41H,5-7,10-11,14,18H2,1-4H3. The Kier molecular flexibility index (Phi) is 8.94. The lowest BCUT2D eigenvalue weighted by Gasteiger charge is -2.18. The number of hydrogen-bond donors (Lipinski definition) is 1. The quantitative estimate of drug-likeness (QED) is 0.130. The van der Waals surface area contributed by atoms with Gasteiger partial charge in [-0.3, -0.25) is 4.79 Å². The first-order valence-electron chi connectivity index (χ1n) is 15.0. The zero-order chi connectivity index (χ0) is 31.8. The number of pyridine rings is 1. The molecule has 2 aliphatic carbocycles. The van der Waals surface area contributed by atoms with Gasteiger partial charge in [-0.05, 0) is 92.8 Å². The van der Waals surface area contributed by atoms with Gasteiger partial charge in [-0.15, -0.1) is 0 Å². The summed E-state index contributed by atoms with van der Waals surface area (Å²) in [5, 5.41) is 9.82. The van der Waals surface area contributed by atoms with E-state index in [-0.39, 0.29) is 59.5 Å². The lowest BCUT2D eigenvalue weighted by Crippen LogP contribution is -2.19. The largest absolute Gasteiger partial charge is 0.489 e. The lowest BCUT2D eigenvalue weighted by molar-refractivity contribution is -0.145. The Morgan fingerprint density at radius 2 is 1.84 bits per heavy atom. The van der Waals surface area contributed by atoms with Crippen LogP contribution in [0.15, 0.2) is 42.6 Å². The average Bonchev–Trinajstić information content (AvgIpc) is 3.56. The fourth-order valence-corrected chi connectivity index (χ4v) is 6.12. The third-order valence-corrected chi connectivity index (χ3v) is 8.35. The van der Waals surface area contributed by atoms with Gasteiger partial charge >= 0.3 is 12.1 Å². The molecular weight excluding hydrogens is 578 g/mol. The second-order valence-corrected chi connectivity index (χ2v) is 12.1. The summed E-state index contributed by atoms with van der Waals surface area (Å²) >= 11 is 0. The van der Waals surface area contributed by atoms with Gasteiger partial charge in [0, 0.05) is 29.3 Å². The number of hydrogen-bond acceptors (Lipinski definition) is 6. The smallest absolute Gasteiger partial charge is 0.417 e. The number of fused-ring (bicyclic) bond motifs is 3. The van der Waals surface area contributed by atoms with E-state index in [4.69, 9.17) is 14.2 Å². The van der Waals surface area contributed by atoms with Gasteiger partial charge in [0.15, 0.2) is 0 Å². The summed E-state index contributed by atoms with van der Waals surface area (Å²) in [5.74, 6) is -0.0790. The predicted molar refractivity (Wildman–Crippen MR) is 156 cm³/mol. The maximum atomic E-state index is 14.9. The molecule has 3 unspecified atom stereocenters. The Labute approximate surface area is 254 Å². The monoisotopic (exact) mass is 615 g/mol. The summed E-state index contributed by atoms with van der Waals surface area (Å²) in [6.07, 6.45) is -1.38. The molecule has 0 bridgehead atoms. The molecule has 6 nitrogen and oxygen atoms in total. The van der Waals surface area contributed by atoms with E-state index in [1.165, 1.54) is 12.1 Å². The molecule has 1 saturated carbocycles. The first-order chi connectivity index (χ1) is 20.8. The van der Waals surface area contributed by atoms with Crippen molar-refractivity contribution in [1.82, 2.24) is 4.98 Å². The molecule has 0 radical (unpaired) electrons. The summed E-state index contributed by atoms with van der Waals surface area (Å²) in [5.41, 5.74) is 1.32. The summed E-state index contributed by atoms with van der Waals surface area (Å²) in [6.45, 7) is 7.33. The fourth-order valence-electron chi connectivity index (χ4n) is 6.12. The van der Waals surface area contributed by atoms with Crippen molar-refractivity contribution < 1.29 is 41.7 Å². The number of aliphatic hydroxyl groups is 1. The summed E-state index contributed by atoms with van der Waals surface area (Å²) in [6, 6.07) is 8.60. The molecule has 0 saturated heterocycles. The first-order valence-corrected chi connectivity index (χ1v) is 15.0. The Balaban J connectivity index is 1.33. The van der Waals surface area contributed by atoms with Crippen molar-refractivity contribution in [2.24, 2.45) is 11.8 Å². The highest BCUT2D eigenvalue weighted by Crippen LogP contribution is 2.62. The number of nitrogens with zero attached hydrogens (tertiary/aromatic N) is 1. The number of aromatic nitrogens is 1. The van der Waals surface area contributed by atoms with Gasteiger partial charge in [0.2, 0.25) is 5.88 Å². The van der Waals surface area contributed by atoms with E-state index in [1.54, 1.807) is 20.8 Å². The van der Waals surface area contributed by atoms with Crippen LogP contribution in [0.1, 0.15) is 74.3 Å². The van der Waals surface area contributed by atoms with Crippen LogP contribution in [0.3, 0.4) is 0 Å². The molecule has 10 heteroatoms. The highest BCUT2D eigenvalue weighted by molar-refractivity contribution is 5.80. The number of ether oxygens (including phenoxy) is 3. The van der Waals surface area contributed by atoms with Crippen LogP contribution in [-0.2, 0) is 35.2 Å². The van der Waals surface area contributed by atoms with Crippen molar-refractivity contribution in [2.75, 3.05) is 13.2 Å². The molecule has 1 N–H and O–H groups in total. The minimum absolute atomic E-state index is 0.0986. The normalized spacial score (nSPS) is 18.9. The van der Waals surface area contributed by atoms with E-state index in [1.807, 2.05) is 13.0 Å². The molecule has 0 amide bonds. The average molecular weight is 616 g/mol. The van der Waals surface area contributed by atoms with E-state index >= 15 is 0 Å². The fraction of sp³-hybridized carbons (Fsp3) is 0.471. The number of carbonyl (C=O) groups excluding carboxylic acids is 1. The van der Waals surface area contributed by atoms with E-state index in [0.717, 1.165) is 41.4 Å². The number of alkyl halides is 3. The minimum atomic E-state index is -4.71. The SMILES string of the molecule is CCOC(=O)C1C2Cc3cc(OCc4cc(-c5cnc(OCCCC(C)(C)O)cc5C(F)(F)F)ccc4F)c(CC)cc3C21. The molecule has 5 rings (SSSR count). The van der Waals surface area contributed by atoms with Crippen LogP contribution in [0.5, 0.6) is 11.6 Å². The number of rotatable bonds is 12. The van der Waals surface area contributed by atoms with Crippen LogP contribution in [0.25, 0.3) is 11.1 Å². The number of aryl methyl sites for hydroxylation is 1. The Bertz CT molecular complexity index is 1530. The number of halogens is 4. The maximum absolute atomic E-state index is 14.9. The molecule has 1 fully saturated rings. The van der Waals surface area contributed by atoms with Gasteiger partial charge in [0.1, 0.15) is 18.2 Å². The highest BCUT2D eigenvalue weighted by atomic mass is 19.4. The number of benzene rings is 2. The van der Waals surface area contributed by atoms with Gasteiger partial charge in [-0.1, -0.05) is 19.1 Å². The molecule has 236 valence electrons. The zero-order valence-corrected chi connectivity index (χ0v) is 25.3. The minimum Gasteiger partial charge on any atom is -0.489 e. The molecule has 0 spiro atoms. The lowest BCUT2D eigenvalue weighted by atomic mass is 9.97. The zero-order valence-electron chi connectivity index (χ0n) is 25.3. The second kappa shape index (κ2) is 12.4. The molecular formula is C34H37F4NO5. The number of carbonyl (C=O) groups is 1. The first kappa shape index (κ1) is 31.8. The topological polar surface area (TPSA) is 77.9 Å². The van der Waals surface area contributed by atoms with Crippen LogP contribution in [0.2, 0.25) is 0 Å². The molecule has 44 heavy (non-hydrogen) atoms. The maximum Gasteiger partial charge on any atom is 0.417 e. The molecule has 3 atom stereocenters. The van der Waals surface area contributed by atoms with Crippen molar-refractivity contribution in [3.8, 4) is 22.8 Å². The number of esters is 1. The van der Waals surface area contributed by atoms with E-state index in [9.17, 15) is 27.5 Å². The van der Waals surface area contributed by atoms with Crippen LogP contribution >= 0.6 is 0 Å². The molecule has 2 aromatic carbocycles. The Morgan fingerprint density at radius 1 is 1.07 bits per heavy atom. The van der Waals surface area contributed by atoms with Crippen LogP contribution < -0.4 is 9.47 Å². The Morgan fingerprint density at radius 3 is 2.52 bits per heavy atom. The van der Waals surface area contributed by atoms with Crippen LogP contribution in [0.4, 0.5) is 17.6 Å². The molecule has 1 aromatic heterocycles. The van der Waals surface area contributed by atoms with Crippen LogP contribution in [0, 0.1) is 17.7 Å².